The molecule has 30 heavy (non-hydrogen) atoms. The lowest BCUT2D eigenvalue weighted by Crippen LogP contribution is -2.24. The van der Waals surface area contributed by atoms with Crippen LogP contribution in [0.5, 0.6) is 0 Å². The highest BCUT2D eigenvalue weighted by Crippen LogP contribution is 2.16. The van der Waals surface area contributed by atoms with Gasteiger partial charge in [0.1, 0.15) is 0 Å². The van der Waals surface area contributed by atoms with E-state index in [-0.39, 0.29) is 5.91 Å². The van der Waals surface area contributed by atoms with Crippen LogP contribution in [-0.2, 0) is 4.79 Å². The van der Waals surface area contributed by atoms with Crippen LogP contribution in [0.15, 0.2) is 41.6 Å². The predicted octanol–water partition coefficient (Wildman–Crippen LogP) is 7.72. The number of carbonyl (C=O) groups is 1. The zero-order valence-corrected chi connectivity index (χ0v) is 20.1. The van der Waals surface area contributed by atoms with Gasteiger partial charge in [0, 0.05) is 30.3 Å². The minimum absolute atomic E-state index is 0.210. The standard InChI is InChI=1S/C26H44N2OS/c1-2-3-4-5-6-7-8-9-10-11-12-13-14-15-16-18-26(29)28-21-17-24-30-25-19-22-27-23-20-25/h9-10,19-20,22-23H,2-8,11-18,21,24H2,1H3,(H,28,29)/b10-9-. The fourth-order valence-corrected chi connectivity index (χ4v) is 4.21. The highest BCUT2D eigenvalue weighted by Gasteiger charge is 2.01. The van der Waals surface area contributed by atoms with Crippen molar-refractivity contribution in [1.82, 2.24) is 10.3 Å². The molecular formula is C26H44N2OS. The molecule has 0 spiro atoms. The van der Waals surface area contributed by atoms with Crippen molar-refractivity contribution in [3.05, 3.63) is 36.7 Å². The third-order valence-electron chi connectivity index (χ3n) is 5.23. The minimum atomic E-state index is 0.210. The van der Waals surface area contributed by atoms with Crippen molar-refractivity contribution in [2.75, 3.05) is 12.3 Å². The molecule has 0 atom stereocenters. The first-order chi connectivity index (χ1) is 14.8. The summed E-state index contributed by atoms with van der Waals surface area (Å²) in [6.45, 7) is 3.05. The van der Waals surface area contributed by atoms with Gasteiger partial charge in [-0.1, -0.05) is 70.4 Å². The van der Waals surface area contributed by atoms with Crippen LogP contribution >= 0.6 is 11.8 Å². The Morgan fingerprint density at radius 1 is 0.867 bits per heavy atom. The molecule has 0 unspecified atom stereocenters. The number of thioether (sulfide) groups is 1. The lowest BCUT2D eigenvalue weighted by molar-refractivity contribution is -0.121. The molecule has 3 nitrogen and oxygen atoms in total. The van der Waals surface area contributed by atoms with Crippen LogP contribution in [-0.4, -0.2) is 23.2 Å². The van der Waals surface area contributed by atoms with Gasteiger partial charge in [0.15, 0.2) is 0 Å². The summed E-state index contributed by atoms with van der Waals surface area (Å²) in [6.07, 6.45) is 26.8. The van der Waals surface area contributed by atoms with E-state index in [1.165, 1.54) is 81.9 Å². The second-order valence-corrected chi connectivity index (χ2v) is 9.24. The Balaban J connectivity index is 1.78. The highest BCUT2D eigenvalue weighted by atomic mass is 32.2. The van der Waals surface area contributed by atoms with Crippen molar-refractivity contribution < 1.29 is 4.79 Å². The third-order valence-corrected chi connectivity index (χ3v) is 6.33. The van der Waals surface area contributed by atoms with Crippen molar-refractivity contribution in [3.63, 3.8) is 0 Å². The number of aromatic nitrogens is 1. The molecule has 0 aliphatic carbocycles. The molecule has 0 saturated carbocycles. The fourth-order valence-electron chi connectivity index (χ4n) is 3.37. The maximum absolute atomic E-state index is 11.9. The number of amides is 1. The summed E-state index contributed by atoms with van der Waals surface area (Å²) < 4.78 is 0. The Labute approximate surface area is 189 Å². The molecule has 0 bridgehead atoms. The van der Waals surface area contributed by atoms with Crippen LogP contribution in [0.25, 0.3) is 0 Å². The van der Waals surface area contributed by atoms with Gasteiger partial charge in [-0.2, -0.15) is 0 Å². The van der Waals surface area contributed by atoms with Crippen LogP contribution in [0.1, 0.15) is 103 Å². The summed E-state index contributed by atoms with van der Waals surface area (Å²) in [5.41, 5.74) is 0. The minimum Gasteiger partial charge on any atom is -0.356 e. The Morgan fingerprint density at radius 3 is 2.13 bits per heavy atom. The maximum Gasteiger partial charge on any atom is 0.219 e. The molecule has 0 saturated heterocycles. The van der Waals surface area contributed by atoms with E-state index in [0.29, 0.717) is 6.42 Å². The zero-order chi connectivity index (χ0) is 21.5. The monoisotopic (exact) mass is 432 g/mol. The third kappa shape index (κ3) is 17.6. The van der Waals surface area contributed by atoms with E-state index in [0.717, 1.165) is 25.1 Å². The maximum atomic E-state index is 11.9. The van der Waals surface area contributed by atoms with Crippen LogP contribution in [0.2, 0.25) is 0 Å². The summed E-state index contributed by atoms with van der Waals surface area (Å²) in [6, 6.07) is 4.05. The summed E-state index contributed by atoms with van der Waals surface area (Å²) in [7, 11) is 0. The second-order valence-electron chi connectivity index (χ2n) is 8.07. The molecule has 0 aromatic carbocycles. The summed E-state index contributed by atoms with van der Waals surface area (Å²) in [4.78, 5) is 17.1. The molecule has 170 valence electrons. The van der Waals surface area contributed by atoms with Crippen molar-refractivity contribution in [3.8, 4) is 0 Å². The van der Waals surface area contributed by atoms with E-state index in [9.17, 15) is 4.79 Å². The van der Waals surface area contributed by atoms with E-state index in [1.54, 1.807) is 0 Å². The van der Waals surface area contributed by atoms with E-state index in [4.69, 9.17) is 0 Å². The largest absolute Gasteiger partial charge is 0.356 e. The van der Waals surface area contributed by atoms with Crippen LogP contribution < -0.4 is 5.32 Å². The molecule has 0 aliphatic rings. The molecule has 1 aromatic rings. The Morgan fingerprint density at radius 2 is 1.47 bits per heavy atom. The van der Waals surface area contributed by atoms with Gasteiger partial charge in [-0.3, -0.25) is 9.78 Å². The van der Waals surface area contributed by atoms with Gasteiger partial charge >= 0.3 is 0 Å². The van der Waals surface area contributed by atoms with Crippen LogP contribution in [0.4, 0.5) is 0 Å². The Hall–Kier alpha value is -1.29. The Kier molecular flexibility index (Phi) is 18.7. The lowest BCUT2D eigenvalue weighted by Gasteiger charge is -2.05. The normalized spacial score (nSPS) is 11.2. The lowest BCUT2D eigenvalue weighted by atomic mass is 10.1. The van der Waals surface area contributed by atoms with Crippen molar-refractivity contribution in [2.45, 2.75) is 108 Å². The molecule has 1 aromatic heterocycles. The van der Waals surface area contributed by atoms with Gasteiger partial charge < -0.3 is 5.32 Å². The van der Waals surface area contributed by atoms with Gasteiger partial charge in [-0.25, -0.2) is 0 Å². The molecular weight excluding hydrogens is 388 g/mol. The van der Waals surface area contributed by atoms with Crippen molar-refractivity contribution in [1.29, 1.82) is 0 Å². The number of nitrogens with one attached hydrogen (secondary N) is 1. The SMILES string of the molecule is CCCCCCCC/C=C\CCCCCCCC(=O)NCCCSc1ccncc1. The molecule has 1 N–H and O–H groups in total. The molecule has 1 heterocycles. The number of unbranched alkanes of at least 4 members (excludes halogenated alkanes) is 11. The first-order valence-corrected chi connectivity index (χ1v) is 13.3. The van der Waals surface area contributed by atoms with E-state index in [1.807, 2.05) is 36.3 Å². The molecule has 0 aliphatic heterocycles. The number of carbonyl (C=O) groups excluding carboxylic acids is 1. The Bertz CT molecular complexity index is 533. The molecule has 0 fully saturated rings. The van der Waals surface area contributed by atoms with E-state index >= 15 is 0 Å². The quantitative estimate of drug-likeness (QED) is 0.130. The zero-order valence-electron chi connectivity index (χ0n) is 19.2. The van der Waals surface area contributed by atoms with Crippen molar-refractivity contribution in [2.24, 2.45) is 0 Å². The highest BCUT2D eigenvalue weighted by molar-refractivity contribution is 7.99. The first-order valence-electron chi connectivity index (χ1n) is 12.3. The number of hydrogen-bond acceptors (Lipinski definition) is 3. The van der Waals surface area contributed by atoms with Gasteiger partial charge in [0.2, 0.25) is 5.91 Å². The number of nitrogens with zero attached hydrogens (tertiary/aromatic N) is 1. The first kappa shape index (κ1) is 26.7. The van der Waals surface area contributed by atoms with Crippen LogP contribution in [0.3, 0.4) is 0 Å². The average molecular weight is 433 g/mol. The molecule has 4 heteroatoms. The number of allylic oxidation sites excluding steroid dienone is 2. The summed E-state index contributed by atoms with van der Waals surface area (Å²) in [5, 5.41) is 3.04. The summed E-state index contributed by atoms with van der Waals surface area (Å²) in [5.74, 6) is 1.24. The smallest absolute Gasteiger partial charge is 0.219 e. The van der Waals surface area contributed by atoms with Gasteiger partial charge in [0.25, 0.3) is 0 Å². The van der Waals surface area contributed by atoms with Gasteiger partial charge in [0.05, 0.1) is 0 Å². The second kappa shape index (κ2) is 21.0. The summed E-state index contributed by atoms with van der Waals surface area (Å²) >= 11 is 1.82. The molecule has 1 amide bonds. The van der Waals surface area contributed by atoms with E-state index < -0.39 is 0 Å². The number of rotatable bonds is 20. The van der Waals surface area contributed by atoms with Crippen LogP contribution in [0, 0.1) is 0 Å². The number of hydrogen-bond donors (Lipinski definition) is 1. The number of pyridine rings is 1. The molecule has 0 radical (unpaired) electrons. The predicted molar refractivity (Wildman–Crippen MR) is 132 cm³/mol. The van der Waals surface area contributed by atoms with Crippen molar-refractivity contribution >= 4 is 17.7 Å². The average Bonchev–Trinajstić information content (AvgIpc) is 2.77. The van der Waals surface area contributed by atoms with E-state index in [2.05, 4.69) is 29.4 Å². The van der Waals surface area contributed by atoms with Gasteiger partial charge in [-0.15, -0.1) is 11.8 Å². The fraction of sp³-hybridized carbons (Fsp3) is 0.692. The van der Waals surface area contributed by atoms with Gasteiger partial charge in [-0.05, 0) is 56.4 Å². The molecule has 1 rings (SSSR count). The topological polar surface area (TPSA) is 42.0 Å².